The van der Waals surface area contributed by atoms with Crippen molar-refractivity contribution in [3.8, 4) is 11.3 Å². The van der Waals surface area contributed by atoms with E-state index in [0.29, 0.717) is 23.9 Å². The summed E-state index contributed by atoms with van der Waals surface area (Å²) in [4.78, 5) is 19.8. The molecule has 1 saturated heterocycles. The minimum Gasteiger partial charge on any atom is -0.478 e. The van der Waals surface area contributed by atoms with Gasteiger partial charge in [-0.3, -0.25) is 0 Å². The first-order valence-electron chi connectivity index (χ1n) is 9.05. The van der Waals surface area contributed by atoms with E-state index in [1.165, 1.54) is 6.21 Å². The third kappa shape index (κ3) is 4.92. The Morgan fingerprint density at radius 2 is 2.14 bits per heavy atom. The fourth-order valence-corrected chi connectivity index (χ4v) is 2.89. The van der Waals surface area contributed by atoms with Gasteiger partial charge in [0, 0.05) is 36.8 Å². The smallest absolute Gasteiger partial charge is 0.335 e. The van der Waals surface area contributed by atoms with Gasteiger partial charge in [0.05, 0.1) is 23.6 Å². The minimum absolute atomic E-state index is 0.223. The Morgan fingerprint density at radius 3 is 2.79 bits per heavy atom. The van der Waals surface area contributed by atoms with Crippen LogP contribution in [-0.4, -0.2) is 46.5 Å². The molecule has 8 heteroatoms. The number of carboxylic acids is 1. The summed E-state index contributed by atoms with van der Waals surface area (Å²) >= 11 is 0. The van der Waals surface area contributed by atoms with E-state index in [0.717, 1.165) is 30.6 Å². The number of hydrogen-bond acceptors (Lipinski definition) is 7. The van der Waals surface area contributed by atoms with Gasteiger partial charge in [-0.2, -0.15) is 0 Å². The first-order valence-corrected chi connectivity index (χ1v) is 9.05. The van der Waals surface area contributed by atoms with Crippen molar-refractivity contribution in [2.75, 3.05) is 18.5 Å². The molecule has 8 nitrogen and oxygen atoms in total. The summed E-state index contributed by atoms with van der Waals surface area (Å²) in [5, 5.41) is 22.9. The number of benzene rings is 1. The molecule has 1 fully saturated rings. The third-order valence-corrected chi connectivity index (χ3v) is 4.42. The highest BCUT2D eigenvalue weighted by Crippen LogP contribution is 2.22. The van der Waals surface area contributed by atoms with Crippen molar-refractivity contribution in [1.82, 2.24) is 15.3 Å². The molecule has 0 saturated carbocycles. The number of aromatic carboxylic acids is 1. The molecule has 28 heavy (non-hydrogen) atoms. The maximum atomic E-state index is 11.0. The summed E-state index contributed by atoms with van der Waals surface area (Å²) in [5.74, 6) is -0.607. The van der Waals surface area contributed by atoms with Crippen LogP contribution in [0.15, 0.2) is 42.4 Å². The minimum atomic E-state index is -0.968. The standard InChI is InChI=1S/C20H23N5O3/c1-13-10-23-20(24-17(9-21)11-22-16-3-2-8-28-12-16)25-18(13)14-4-6-15(7-5-14)19(26)27/h4-7,9-11,16,21-22H,2-3,8,12H2,1H3,(H,26,27)(H,23,24,25)/b17-11+,21-9?. The topological polar surface area (TPSA) is 120 Å². The van der Waals surface area contributed by atoms with E-state index in [-0.39, 0.29) is 11.6 Å². The van der Waals surface area contributed by atoms with Gasteiger partial charge in [0.25, 0.3) is 0 Å². The number of anilines is 1. The summed E-state index contributed by atoms with van der Waals surface area (Å²) in [7, 11) is 0. The summed E-state index contributed by atoms with van der Waals surface area (Å²) in [5.41, 5.74) is 3.12. The Labute approximate surface area is 163 Å². The zero-order valence-corrected chi connectivity index (χ0v) is 15.6. The van der Waals surface area contributed by atoms with Gasteiger partial charge in [0.1, 0.15) is 0 Å². The van der Waals surface area contributed by atoms with E-state index in [4.69, 9.17) is 15.3 Å². The molecule has 0 spiro atoms. The van der Waals surface area contributed by atoms with Crippen molar-refractivity contribution in [1.29, 1.82) is 5.41 Å². The monoisotopic (exact) mass is 381 g/mol. The summed E-state index contributed by atoms with van der Waals surface area (Å²) in [6.45, 7) is 3.34. The first kappa shape index (κ1) is 19.5. The molecule has 2 heterocycles. The Morgan fingerprint density at radius 1 is 1.36 bits per heavy atom. The second-order valence-corrected chi connectivity index (χ2v) is 6.56. The fraction of sp³-hybridized carbons (Fsp3) is 0.300. The molecular formula is C20H23N5O3. The van der Waals surface area contributed by atoms with Crippen LogP contribution in [0.5, 0.6) is 0 Å². The number of allylic oxidation sites excluding steroid dienone is 1. The van der Waals surface area contributed by atoms with Crippen molar-refractivity contribution >= 4 is 18.1 Å². The number of nitrogens with zero attached hydrogens (tertiary/aromatic N) is 2. The van der Waals surface area contributed by atoms with Gasteiger partial charge in [-0.05, 0) is 37.5 Å². The lowest BCUT2D eigenvalue weighted by atomic mass is 10.1. The quantitative estimate of drug-likeness (QED) is 0.544. The Hall–Kier alpha value is -3.26. The van der Waals surface area contributed by atoms with Crippen LogP contribution in [0.25, 0.3) is 11.3 Å². The number of hydrogen-bond donors (Lipinski definition) is 4. The fourth-order valence-electron chi connectivity index (χ4n) is 2.89. The average Bonchev–Trinajstić information content (AvgIpc) is 2.73. The zero-order chi connectivity index (χ0) is 19.9. The lowest BCUT2D eigenvalue weighted by Gasteiger charge is -2.22. The van der Waals surface area contributed by atoms with E-state index < -0.39 is 5.97 Å². The van der Waals surface area contributed by atoms with Crippen LogP contribution in [0, 0.1) is 12.3 Å². The zero-order valence-electron chi connectivity index (χ0n) is 15.6. The van der Waals surface area contributed by atoms with Gasteiger partial charge >= 0.3 is 5.97 Å². The number of aromatic nitrogens is 2. The molecule has 2 aromatic rings. The Bertz CT molecular complexity index is 874. The van der Waals surface area contributed by atoms with Gasteiger partial charge in [0.2, 0.25) is 5.95 Å². The Balaban J connectivity index is 1.75. The van der Waals surface area contributed by atoms with Crippen LogP contribution in [0.4, 0.5) is 5.95 Å². The van der Waals surface area contributed by atoms with Crippen molar-refractivity contribution in [3.05, 3.63) is 53.5 Å². The summed E-state index contributed by atoms with van der Waals surface area (Å²) < 4.78 is 5.44. The molecule has 1 aliphatic heterocycles. The molecular weight excluding hydrogens is 358 g/mol. The van der Waals surface area contributed by atoms with Gasteiger partial charge in [-0.25, -0.2) is 14.8 Å². The summed E-state index contributed by atoms with van der Waals surface area (Å²) in [6.07, 6.45) is 6.67. The predicted molar refractivity (Wildman–Crippen MR) is 107 cm³/mol. The van der Waals surface area contributed by atoms with Crippen LogP contribution < -0.4 is 10.6 Å². The molecule has 3 rings (SSSR count). The molecule has 1 unspecified atom stereocenters. The van der Waals surface area contributed by atoms with Crippen molar-refractivity contribution in [2.24, 2.45) is 0 Å². The van der Waals surface area contributed by atoms with Crippen molar-refractivity contribution < 1.29 is 14.6 Å². The molecule has 146 valence electrons. The normalized spacial score (nSPS) is 17.0. The third-order valence-electron chi connectivity index (χ3n) is 4.42. The lowest BCUT2D eigenvalue weighted by molar-refractivity contribution is 0.0697. The number of carboxylic acid groups (broad SMARTS) is 1. The largest absolute Gasteiger partial charge is 0.478 e. The van der Waals surface area contributed by atoms with Crippen LogP contribution >= 0.6 is 0 Å². The van der Waals surface area contributed by atoms with Crippen LogP contribution in [-0.2, 0) is 4.74 Å². The lowest BCUT2D eigenvalue weighted by Crippen LogP contribution is -2.34. The maximum absolute atomic E-state index is 11.0. The number of carbonyl (C=O) groups is 1. The number of aryl methyl sites for hydroxylation is 1. The molecule has 0 aliphatic carbocycles. The van der Waals surface area contributed by atoms with Gasteiger partial charge < -0.3 is 25.9 Å². The van der Waals surface area contributed by atoms with E-state index in [1.54, 1.807) is 36.7 Å². The molecule has 1 aliphatic rings. The van der Waals surface area contributed by atoms with Crippen LogP contribution in [0.1, 0.15) is 28.8 Å². The molecule has 0 radical (unpaired) electrons. The SMILES string of the molecule is Cc1cnc(N/C(C=N)=C/NC2CCCOC2)nc1-c1ccc(C(=O)O)cc1. The summed E-state index contributed by atoms with van der Waals surface area (Å²) in [6, 6.07) is 6.77. The molecule has 1 aromatic heterocycles. The predicted octanol–water partition coefficient (Wildman–Crippen LogP) is 2.82. The second-order valence-electron chi connectivity index (χ2n) is 6.56. The Kier molecular flexibility index (Phi) is 6.33. The van der Waals surface area contributed by atoms with E-state index in [2.05, 4.69) is 20.6 Å². The highest BCUT2D eigenvalue weighted by molar-refractivity contribution is 5.88. The average molecular weight is 381 g/mol. The van der Waals surface area contributed by atoms with Crippen molar-refractivity contribution in [3.63, 3.8) is 0 Å². The number of nitrogens with one attached hydrogen (secondary N) is 3. The maximum Gasteiger partial charge on any atom is 0.335 e. The van der Waals surface area contributed by atoms with E-state index in [1.807, 2.05) is 6.92 Å². The van der Waals surface area contributed by atoms with E-state index >= 15 is 0 Å². The molecule has 4 N–H and O–H groups in total. The molecule has 0 amide bonds. The van der Waals surface area contributed by atoms with Crippen molar-refractivity contribution in [2.45, 2.75) is 25.8 Å². The van der Waals surface area contributed by atoms with Crippen LogP contribution in [0.3, 0.4) is 0 Å². The number of rotatable bonds is 7. The van der Waals surface area contributed by atoms with Gasteiger partial charge in [-0.1, -0.05) is 12.1 Å². The van der Waals surface area contributed by atoms with E-state index in [9.17, 15) is 4.79 Å². The molecule has 0 bridgehead atoms. The highest BCUT2D eigenvalue weighted by atomic mass is 16.5. The van der Waals surface area contributed by atoms with Gasteiger partial charge in [-0.15, -0.1) is 0 Å². The highest BCUT2D eigenvalue weighted by Gasteiger charge is 2.12. The van der Waals surface area contributed by atoms with Gasteiger partial charge in [0.15, 0.2) is 0 Å². The van der Waals surface area contributed by atoms with Crippen LogP contribution in [0.2, 0.25) is 0 Å². The second kappa shape index (κ2) is 9.09. The number of ether oxygens (including phenoxy) is 1. The molecule has 1 aromatic carbocycles. The molecule has 1 atom stereocenters. The first-order chi connectivity index (χ1) is 13.6.